The SMILES string of the molecule is CC(C#CC(C(=O)O)C(O)(O)O)(C(=O)O)C(O)(O)O. The van der Waals surface area contributed by atoms with Gasteiger partial charge in [-0.15, -0.1) is 0 Å². The largest absolute Gasteiger partial charge is 0.480 e. The Bertz CT molecular complexity index is 431. The van der Waals surface area contributed by atoms with E-state index < -0.39 is 35.2 Å². The second-order valence-electron chi connectivity index (χ2n) is 3.79. The first-order chi connectivity index (χ1) is 8.23. The van der Waals surface area contributed by atoms with Gasteiger partial charge >= 0.3 is 23.9 Å². The van der Waals surface area contributed by atoms with Crippen molar-refractivity contribution in [2.24, 2.45) is 11.3 Å². The number of carboxylic acid groups (broad SMARTS) is 2. The standard InChI is InChI=1S/C9H12O10/c1-7(6(12)13,9(17,18)19)3-2-4(5(10)11)8(14,15)16/h4,14-19H,1H3,(H,10,11)(H,12,13). The van der Waals surface area contributed by atoms with Crippen LogP contribution in [0.2, 0.25) is 0 Å². The molecule has 0 aliphatic heterocycles. The van der Waals surface area contributed by atoms with Crippen LogP contribution in [0.4, 0.5) is 0 Å². The lowest BCUT2D eigenvalue weighted by molar-refractivity contribution is -0.351. The van der Waals surface area contributed by atoms with Crippen molar-refractivity contribution < 1.29 is 50.4 Å². The van der Waals surface area contributed by atoms with Crippen molar-refractivity contribution in [2.45, 2.75) is 18.9 Å². The van der Waals surface area contributed by atoms with Crippen LogP contribution in [0.1, 0.15) is 6.92 Å². The fourth-order valence-corrected chi connectivity index (χ4v) is 0.822. The minimum absolute atomic E-state index is 0.537. The molecular weight excluding hydrogens is 268 g/mol. The van der Waals surface area contributed by atoms with Gasteiger partial charge < -0.3 is 40.9 Å². The van der Waals surface area contributed by atoms with Crippen LogP contribution in [-0.4, -0.2) is 64.7 Å². The summed E-state index contributed by atoms with van der Waals surface area (Å²) in [4.78, 5) is 21.3. The third kappa shape index (κ3) is 3.86. The molecule has 0 saturated heterocycles. The van der Waals surface area contributed by atoms with Crippen molar-refractivity contribution in [3.05, 3.63) is 0 Å². The molecule has 0 rings (SSSR count). The normalized spacial score (nSPS) is 16.8. The molecule has 0 amide bonds. The number of aliphatic carboxylic acids is 2. The quantitative estimate of drug-likeness (QED) is 0.186. The van der Waals surface area contributed by atoms with Crippen molar-refractivity contribution in [3.8, 4) is 11.8 Å². The van der Waals surface area contributed by atoms with E-state index in [0.29, 0.717) is 6.92 Å². The molecule has 2 unspecified atom stereocenters. The van der Waals surface area contributed by atoms with Crippen LogP contribution in [0.25, 0.3) is 0 Å². The van der Waals surface area contributed by atoms with E-state index in [2.05, 4.69) is 0 Å². The summed E-state index contributed by atoms with van der Waals surface area (Å²) >= 11 is 0. The molecule has 0 aromatic heterocycles. The van der Waals surface area contributed by atoms with Gasteiger partial charge in [-0.2, -0.15) is 0 Å². The molecule has 0 heterocycles. The molecule has 10 nitrogen and oxygen atoms in total. The third-order valence-electron chi connectivity index (χ3n) is 2.20. The highest BCUT2D eigenvalue weighted by Crippen LogP contribution is 2.27. The molecule has 0 aliphatic carbocycles. The monoisotopic (exact) mass is 280 g/mol. The van der Waals surface area contributed by atoms with Gasteiger partial charge in [0.1, 0.15) is 0 Å². The molecule has 0 aromatic carbocycles. The van der Waals surface area contributed by atoms with Gasteiger partial charge in [0, 0.05) is 0 Å². The topological polar surface area (TPSA) is 196 Å². The summed E-state index contributed by atoms with van der Waals surface area (Å²) in [5.41, 5.74) is -2.95. The highest BCUT2D eigenvalue weighted by atomic mass is 16.7. The second-order valence-corrected chi connectivity index (χ2v) is 3.79. The number of aliphatic hydroxyl groups is 6. The summed E-state index contributed by atoms with van der Waals surface area (Å²) in [6, 6.07) is 0. The van der Waals surface area contributed by atoms with Crippen molar-refractivity contribution in [3.63, 3.8) is 0 Å². The van der Waals surface area contributed by atoms with E-state index >= 15 is 0 Å². The Morgan fingerprint density at radius 1 is 1.00 bits per heavy atom. The summed E-state index contributed by atoms with van der Waals surface area (Å²) in [5.74, 6) is -11.3. The first kappa shape index (κ1) is 17.3. The number of rotatable bonds is 4. The Balaban J connectivity index is 5.70. The lowest BCUT2D eigenvalue weighted by atomic mass is 9.87. The Kier molecular flexibility index (Phi) is 4.63. The van der Waals surface area contributed by atoms with Crippen LogP contribution in [0.3, 0.4) is 0 Å². The summed E-state index contributed by atoms with van der Waals surface area (Å²) in [6.45, 7) is 0.537. The summed E-state index contributed by atoms with van der Waals surface area (Å²) in [6.07, 6.45) is 0. The maximum absolute atomic E-state index is 10.8. The lowest BCUT2D eigenvalue weighted by Gasteiger charge is -2.28. The van der Waals surface area contributed by atoms with Gasteiger partial charge in [0.05, 0.1) is 0 Å². The number of carboxylic acids is 2. The van der Waals surface area contributed by atoms with Crippen LogP contribution in [-0.2, 0) is 9.59 Å². The van der Waals surface area contributed by atoms with Gasteiger partial charge in [-0.1, -0.05) is 11.8 Å². The fourth-order valence-electron chi connectivity index (χ4n) is 0.822. The number of hydrogen-bond acceptors (Lipinski definition) is 8. The van der Waals surface area contributed by atoms with Crippen molar-refractivity contribution in [2.75, 3.05) is 0 Å². The van der Waals surface area contributed by atoms with E-state index in [0.717, 1.165) is 0 Å². The predicted octanol–water partition coefficient (Wildman–Crippen LogP) is -3.96. The van der Waals surface area contributed by atoms with Gasteiger partial charge in [0.15, 0.2) is 5.92 Å². The Morgan fingerprint density at radius 3 is 1.63 bits per heavy atom. The van der Waals surface area contributed by atoms with Crippen molar-refractivity contribution in [1.82, 2.24) is 0 Å². The first-order valence-electron chi connectivity index (χ1n) is 4.56. The predicted molar refractivity (Wildman–Crippen MR) is 53.4 cm³/mol. The average Bonchev–Trinajstić information content (AvgIpc) is 2.12. The summed E-state index contributed by atoms with van der Waals surface area (Å²) in [5, 5.41) is 69.8. The van der Waals surface area contributed by atoms with Crippen molar-refractivity contribution in [1.29, 1.82) is 0 Å². The van der Waals surface area contributed by atoms with Gasteiger partial charge in [0.2, 0.25) is 5.41 Å². The summed E-state index contributed by atoms with van der Waals surface area (Å²) in [7, 11) is 0. The molecule has 10 heteroatoms. The molecule has 0 saturated carbocycles. The molecule has 0 spiro atoms. The highest BCUT2D eigenvalue weighted by Gasteiger charge is 2.51. The number of carbonyl (C=O) groups is 2. The van der Waals surface area contributed by atoms with E-state index in [4.69, 9.17) is 40.9 Å². The van der Waals surface area contributed by atoms with Crippen LogP contribution in [0.15, 0.2) is 0 Å². The Hall–Kier alpha value is -1.74. The van der Waals surface area contributed by atoms with E-state index in [9.17, 15) is 9.59 Å². The zero-order valence-electron chi connectivity index (χ0n) is 9.47. The average molecular weight is 280 g/mol. The zero-order valence-corrected chi connectivity index (χ0v) is 9.47. The molecule has 0 aliphatic rings. The van der Waals surface area contributed by atoms with E-state index in [1.807, 2.05) is 0 Å². The van der Waals surface area contributed by atoms with Gasteiger partial charge in [-0.3, -0.25) is 9.59 Å². The van der Waals surface area contributed by atoms with Gasteiger partial charge in [-0.25, -0.2) is 0 Å². The minimum Gasteiger partial charge on any atom is -0.480 e. The molecule has 0 bridgehead atoms. The van der Waals surface area contributed by atoms with Crippen molar-refractivity contribution >= 4 is 11.9 Å². The third-order valence-corrected chi connectivity index (χ3v) is 2.20. The second kappa shape index (κ2) is 5.10. The molecule has 8 N–H and O–H groups in total. The smallest absolute Gasteiger partial charge is 0.330 e. The van der Waals surface area contributed by atoms with Gasteiger partial charge in [0.25, 0.3) is 0 Å². The molecule has 0 fully saturated rings. The Morgan fingerprint density at radius 2 is 1.42 bits per heavy atom. The minimum atomic E-state index is -3.84. The maximum Gasteiger partial charge on any atom is 0.330 e. The van der Waals surface area contributed by atoms with E-state index in [1.54, 1.807) is 0 Å². The van der Waals surface area contributed by atoms with E-state index in [1.165, 1.54) is 11.8 Å². The molecule has 108 valence electrons. The van der Waals surface area contributed by atoms with Crippen LogP contribution >= 0.6 is 0 Å². The zero-order chi connectivity index (χ0) is 15.6. The number of hydrogen-bond donors (Lipinski definition) is 8. The molecule has 19 heavy (non-hydrogen) atoms. The summed E-state index contributed by atoms with van der Waals surface area (Å²) < 4.78 is 0. The molecule has 2 atom stereocenters. The highest BCUT2D eigenvalue weighted by molar-refractivity contribution is 5.80. The fraction of sp³-hybridized carbons (Fsp3) is 0.556. The first-order valence-corrected chi connectivity index (χ1v) is 4.56. The molecular formula is C9H12O10. The van der Waals surface area contributed by atoms with E-state index in [-0.39, 0.29) is 0 Å². The van der Waals surface area contributed by atoms with Gasteiger partial charge in [-0.05, 0) is 6.92 Å². The lowest BCUT2D eigenvalue weighted by Crippen LogP contribution is -2.51. The van der Waals surface area contributed by atoms with Crippen LogP contribution in [0.5, 0.6) is 0 Å². The molecule has 0 radical (unpaired) electrons. The van der Waals surface area contributed by atoms with Crippen LogP contribution < -0.4 is 0 Å². The van der Waals surface area contributed by atoms with Crippen LogP contribution in [0, 0.1) is 23.2 Å². The Labute approximate surface area is 105 Å². The maximum atomic E-state index is 10.8. The molecule has 0 aromatic rings.